The number of nitrogens with one attached hydrogen (secondary N) is 1. The van der Waals surface area contributed by atoms with Crippen LogP contribution in [0.3, 0.4) is 0 Å². The van der Waals surface area contributed by atoms with E-state index in [0.717, 1.165) is 6.42 Å². The van der Waals surface area contributed by atoms with Gasteiger partial charge in [-0.15, -0.1) is 0 Å². The quantitative estimate of drug-likeness (QED) is 0.635. The number of hydrogen-bond acceptors (Lipinski definition) is 3. The zero-order valence-electron chi connectivity index (χ0n) is 11.6. The summed E-state index contributed by atoms with van der Waals surface area (Å²) >= 11 is 0. The lowest BCUT2D eigenvalue weighted by molar-refractivity contribution is -0.147. The van der Waals surface area contributed by atoms with Gasteiger partial charge in [0.15, 0.2) is 0 Å². The van der Waals surface area contributed by atoms with E-state index in [1.165, 1.54) is 0 Å². The lowest BCUT2D eigenvalue weighted by Crippen LogP contribution is -2.45. The predicted molar refractivity (Wildman–Crippen MR) is 71.5 cm³/mol. The summed E-state index contributed by atoms with van der Waals surface area (Å²) in [6, 6.07) is 0. The van der Waals surface area contributed by atoms with Crippen LogP contribution in [0.25, 0.3) is 0 Å². The molecule has 0 spiro atoms. The maximum absolute atomic E-state index is 12.0. The zero-order chi connectivity index (χ0) is 14.5. The van der Waals surface area contributed by atoms with Crippen molar-refractivity contribution in [1.29, 1.82) is 0 Å². The van der Waals surface area contributed by atoms with Crippen molar-refractivity contribution in [3.05, 3.63) is 12.2 Å². The van der Waals surface area contributed by atoms with E-state index in [1.807, 2.05) is 13.0 Å². The monoisotopic (exact) mass is 269 g/mol. The first-order valence-corrected chi connectivity index (χ1v) is 6.75. The first-order chi connectivity index (χ1) is 8.87. The number of hydrogen-bond donors (Lipinski definition) is 3. The summed E-state index contributed by atoms with van der Waals surface area (Å²) in [5, 5.41) is 21.8. The largest absolute Gasteiger partial charge is 0.481 e. The minimum Gasteiger partial charge on any atom is -0.481 e. The first-order valence-electron chi connectivity index (χ1n) is 6.75. The Morgan fingerprint density at radius 1 is 1.32 bits per heavy atom. The highest BCUT2D eigenvalue weighted by molar-refractivity contribution is 5.85. The summed E-state index contributed by atoms with van der Waals surface area (Å²) in [4.78, 5) is 23.2. The molecule has 5 nitrogen and oxygen atoms in total. The molecule has 3 unspecified atom stereocenters. The van der Waals surface area contributed by atoms with E-state index in [1.54, 1.807) is 13.0 Å². The van der Waals surface area contributed by atoms with Gasteiger partial charge in [0.05, 0.1) is 17.4 Å². The van der Waals surface area contributed by atoms with Crippen LogP contribution >= 0.6 is 0 Å². The number of allylic oxidation sites excluding steroid dienone is 2. The normalized spacial score (nSPS) is 25.6. The number of carboxylic acid groups (broad SMARTS) is 1. The van der Waals surface area contributed by atoms with Crippen molar-refractivity contribution < 1.29 is 19.8 Å². The van der Waals surface area contributed by atoms with Gasteiger partial charge in [0.2, 0.25) is 5.91 Å². The zero-order valence-corrected chi connectivity index (χ0v) is 11.6. The van der Waals surface area contributed by atoms with Crippen LogP contribution in [0.1, 0.15) is 39.5 Å². The van der Waals surface area contributed by atoms with Crippen molar-refractivity contribution in [3.8, 4) is 0 Å². The standard InChI is InChI=1S/C14H23NO4/c1-3-8-14(2,19)9-15-12(16)10-6-4-5-7-11(10)13(17)18/h4-5,10-11,19H,3,6-9H2,1-2H3,(H,15,16)(H,17,18). The molecule has 3 N–H and O–H groups in total. The third-order valence-electron chi connectivity index (χ3n) is 3.52. The molecule has 0 aromatic carbocycles. The van der Waals surface area contributed by atoms with Crippen LogP contribution in [0.15, 0.2) is 12.2 Å². The lowest BCUT2D eigenvalue weighted by atomic mass is 9.82. The number of carboxylic acids is 1. The predicted octanol–water partition coefficient (Wildman–Crippen LogP) is 1.32. The fourth-order valence-corrected chi connectivity index (χ4v) is 2.41. The van der Waals surface area contributed by atoms with Crippen LogP contribution in [0.5, 0.6) is 0 Å². The van der Waals surface area contributed by atoms with Gasteiger partial charge in [-0.2, -0.15) is 0 Å². The molecule has 0 aliphatic heterocycles. The third-order valence-corrected chi connectivity index (χ3v) is 3.52. The molecule has 1 rings (SSSR count). The van der Waals surface area contributed by atoms with Crippen LogP contribution in [-0.4, -0.2) is 34.2 Å². The number of aliphatic hydroxyl groups is 1. The molecule has 1 aliphatic carbocycles. The molecule has 19 heavy (non-hydrogen) atoms. The number of amides is 1. The Hall–Kier alpha value is -1.36. The highest BCUT2D eigenvalue weighted by Crippen LogP contribution is 2.26. The number of rotatable bonds is 6. The SMILES string of the molecule is CCCC(C)(O)CNC(=O)C1CC=CCC1C(=O)O. The van der Waals surface area contributed by atoms with Crippen molar-refractivity contribution in [2.75, 3.05) is 6.54 Å². The summed E-state index contributed by atoms with van der Waals surface area (Å²) in [7, 11) is 0. The fourth-order valence-electron chi connectivity index (χ4n) is 2.41. The molecule has 0 aromatic heterocycles. The van der Waals surface area contributed by atoms with E-state index in [0.29, 0.717) is 19.3 Å². The topological polar surface area (TPSA) is 86.6 Å². The molecule has 0 aromatic rings. The van der Waals surface area contributed by atoms with Gasteiger partial charge in [-0.25, -0.2) is 0 Å². The van der Waals surface area contributed by atoms with Gasteiger partial charge in [-0.05, 0) is 26.2 Å². The second-order valence-electron chi connectivity index (χ2n) is 5.46. The lowest BCUT2D eigenvalue weighted by Gasteiger charge is -2.27. The molecular formula is C14H23NO4. The van der Waals surface area contributed by atoms with Gasteiger partial charge in [0.1, 0.15) is 0 Å². The molecule has 0 fully saturated rings. The molecule has 0 radical (unpaired) electrons. The first kappa shape index (κ1) is 15.7. The minimum absolute atomic E-state index is 0.159. The van der Waals surface area contributed by atoms with Crippen LogP contribution in [0.2, 0.25) is 0 Å². The summed E-state index contributed by atoms with van der Waals surface area (Å²) < 4.78 is 0. The molecule has 0 saturated carbocycles. The van der Waals surface area contributed by atoms with Gasteiger partial charge in [0.25, 0.3) is 0 Å². The van der Waals surface area contributed by atoms with E-state index in [2.05, 4.69) is 5.32 Å². The minimum atomic E-state index is -0.940. The maximum Gasteiger partial charge on any atom is 0.307 e. The Bertz CT molecular complexity index is 362. The molecule has 1 amide bonds. The fraction of sp³-hybridized carbons (Fsp3) is 0.714. The molecule has 108 valence electrons. The van der Waals surface area contributed by atoms with E-state index in [-0.39, 0.29) is 12.5 Å². The Morgan fingerprint density at radius 2 is 1.89 bits per heavy atom. The molecule has 0 bridgehead atoms. The second kappa shape index (κ2) is 6.70. The van der Waals surface area contributed by atoms with Gasteiger partial charge in [-0.1, -0.05) is 25.5 Å². The summed E-state index contributed by atoms with van der Waals surface area (Å²) in [5.41, 5.74) is -0.937. The maximum atomic E-state index is 12.0. The van der Waals surface area contributed by atoms with Crippen molar-refractivity contribution in [3.63, 3.8) is 0 Å². The summed E-state index contributed by atoms with van der Waals surface area (Å²) in [5.74, 6) is -2.43. The molecule has 3 atom stereocenters. The van der Waals surface area contributed by atoms with E-state index in [9.17, 15) is 14.7 Å². The van der Waals surface area contributed by atoms with Crippen LogP contribution in [0.4, 0.5) is 0 Å². The van der Waals surface area contributed by atoms with Crippen molar-refractivity contribution in [2.24, 2.45) is 11.8 Å². The number of carbonyl (C=O) groups is 2. The van der Waals surface area contributed by atoms with Gasteiger partial charge in [-0.3, -0.25) is 9.59 Å². The second-order valence-corrected chi connectivity index (χ2v) is 5.46. The average molecular weight is 269 g/mol. The molecule has 0 saturated heterocycles. The Kier molecular flexibility index (Phi) is 5.54. The third kappa shape index (κ3) is 4.67. The van der Waals surface area contributed by atoms with Gasteiger partial charge in [0, 0.05) is 6.54 Å². The van der Waals surface area contributed by atoms with E-state index in [4.69, 9.17) is 5.11 Å². The molecule has 5 heteroatoms. The Labute approximate surface area is 113 Å². The number of carbonyl (C=O) groups excluding carboxylic acids is 1. The summed E-state index contributed by atoms with van der Waals surface area (Å²) in [6.07, 6.45) is 5.90. The average Bonchev–Trinajstić information content (AvgIpc) is 2.36. The van der Waals surface area contributed by atoms with Gasteiger partial charge < -0.3 is 15.5 Å². The molecule has 0 heterocycles. The van der Waals surface area contributed by atoms with E-state index < -0.39 is 23.4 Å². The number of aliphatic carboxylic acids is 1. The van der Waals surface area contributed by atoms with Crippen LogP contribution < -0.4 is 5.32 Å². The highest BCUT2D eigenvalue weighted by Gasteiger charge is 2.34. The highest BCUT2D eigenvalue weighted by atomic mass is 16.4. The molecular weight excluding hydrogens is 246 g/mol. The van der Waals surface area contributed by atoms with Gasteiger partial charge >= 0.3 is 5.97 Å². The van der Waals surface area contributed by atoms with Crippen LogP contribution in [0, 0.1) is 11.8 Å². The van der Waals surface area contributed by atoms with Crippen molar-refractivity contribution in [2.45, 2.75) is 45.1 Å². The smallest absolute Gasteiger partial charge is 0.307 e. The van der Waals surface area contributed by atoms with Crippen LogP contribution in [-0.2, 0) is 9.59 Å². The van der Waals surface area contributed by atoms with Crippen molar-refractivity contribution >= 4 is 11.9 Å². The molecule has 1 aliphatic rings. The summed E-state index contributed by atoms with van der Waals surface area (Å²) in [6.45, 7) is 3.79. The Morgan fingerprint density at radius 3 is 2.42 bits per heavy atom. The van der Waals surface area contributed by atoms with Crippen molar-refractivity contribution in [1.82, 2.24) is 5.32 Å². The Balaban J connectivity index is 2.57. The van der Waals surface area contributed by atoms with E-state index >= 15 is 0 Å².